The number of benzene rings is 10. The second-order valence-electron chi connectivity index (χ2n) is 18.7. The van der Waals surface area contributed by atoms with Crippen molar-refractivity contribution in [2.24, 2.45) is 0 Å². The van der Waals surface area contributed by atoms with Crippen LogP contribution in [0.1, 0.15) is 35.0 Å². The molecule has 322 valence electrons. The van der Waals surface area contributed by atoms with Crippen molar-refractivity contribution < 1.29 is 0 Å². The molecule has 69 heavy (non-hydrogen) atoms. The number of hydrogen-bond donors (Lipinski definition) is 0. The van der Waals surface area contributed by atoms with Crippen LogP contribution in [-0.2, 0) is 11.8 Å². The first-order valence-corrected chi connectivity index (χ1v) is 24.1. The lowest BCUT2D eigenvalue weighted by atomic mass is 9.70. The maximum atomic E-state index is 5.67. The van der Waals surface area contributed by atoms with Crippen molar-refractivity contribution >= 4 is 54.5 Å². The monoisotopic (exact) mass is 878 g/mol. The van der Waals surface area contributed by atoms with E-state index in [4.69, 9.17) is 9.97 Å². The number of fused-ring (bicyclic) bond motifs is 18. The fourth-order valence-corrected chi connectivity index (χ4v) is 12.5. The third kappa shape index (κ3) is 5.18. The number of nitrogens with zero attached hydrogens (tertiary/aromatic N) is 4. The standard InChI is InChI=1S/C65H42N4/c1-2-61-66-57-27-13-16-30-60(57)69(61)43-33-31-40(32-34-43)41-37-42(39-44(38-41)68-58-28-14-7-19-47(58)48-20-8-15-29-59(48)68)64-51-35-36-55-63(62(51)50-22-6-12-26-56(50)67-64)49-21-5-11-25-54(49)65(55)52-23-9-3-17-45(52)46-18-4-10-24-53(46)65/h3-39H,2H2,1H3. The zero-order valence-corrected chi connectivity index (χ0v) is 37.9. The molecule has 2 aliphatic carbocycles. The highest BCUT2D eigenvalue weighted by molar-refractivity contribution is 6.20. The average molecular weight is 879 g/mol. The largest absolute Gasteiger partial charge is 0.309 e. The van der Waals surface area contributed by atoms with Gasteiger partial charge in [-0.1, -0.05) is 171 Å². The first kappa shape index (κ1) is 38.3. The first-order valence-electron chi connectivity index (χ1n) is 24.1. The molecule has 0 saturated heterocycles. The van der Waals surface area contributed by atoms with Crippen LogP contribution in [-0.4, -0.2) is 19.1 Å². The molecule has 0 radical (unpaired) electrons. The zero-order valence-electron chi connectivity index (χ0n) is 37.9. The number of para-hydroxylation sites is 5. The Balaban J connectivity index is 1.01. The van der Waals surface area contributed by atoms with Crippen molar-refractivity contribution in [1.29, 1.82) is 0 Å². The van der Waals surface area contributed by atoms with Crippen molar-refractivity contribution in [3.05, 3.63) is 253 Å². The van der Waals surface area contributed by atoms with Crippen LogP contribution in [0.25, 0.3) is 111 Å². The van der Waals surface area contributed by atoms with Gasteiger partial charge >= 0.3 is 0 Å². The lowest BCUT2D eigenvalue weighted by Crippen LogP contribution is -2.25. The molecule has 4 nitrogen and oxygen atoms in total. The first-order chi connectivity index (χ1) is 34.2. The lowest BCUT2D eigenvalue weighted by Gasteiger charge is -2.30. The molecule has 0 aliphatic heterocycles. The van der Waals surface area contributed by atoms with Gasteiger partial charge in [-0.05, 0) is 116 Å². The summed E-state index contributed by atoms with van der Waals surface area (Å²) in [5.74, 6) is 1.05. The van der Waals surface area contributed by atoms with Crippen molar-refractivity contribution in [2.75, 3.05) is 0 Å². The number of hydrogen-bond acceptors (Lipinski definition) is 2. The molecule has 0 saturated carbocycles. The van der Waals surface area contributed by atoms with Gasteiger partial charge in [-0.25, -0.2) is 9.97 Å². The number of pyridine rings is 1. The van der Waals surface area contributed by atoms with Gasteiger partial charge in [0.25, 0.3) is 0 Å². The summed E-state index contributed by atoms with van der Waals surface area (Å²) in [5.41, 5.74) is 22.0. The van der Waals surface area contributed by atoms with Gasteiger partial charge in [0.05, 0.1) is 38.7 Å². The fraction of sp³-hybridized carbons (Fsp3) is 0.0462. The van der Waals surface area contributed by atoms with Gasteiger partial charge in [-0.2, -0.15) is 0 Å². The van der Waals surface area contributed by atoms with Crippen LogP contribution >= 0.6 is 0 Å². The molecule has 0 amide bonds. The normalized spacial score (nSPS) is 13.2. The van der Waals surface area contributed by atoms with E-state index < -0.39 is 5.41 Å². The van der Waals surface area contributed by atoms with E-state index in [9.17, 15) is 0 Å². The van der Waals surface area contributed by atoms with E-state index in [2.05, 4.69) is 241 Å². The summed E-state index contributed by atoms with van der Waals surface area (Å²) in [4.78, 5) is 10.7. The lowest BCUT2D eigenvalue weighted by molar-refractivity contribution is 0.794. The average Bonchev–Trinajstić information content (AvgIpc) is 4.14. The minimum atomic E-state index is -0.450. The molecule has 2 aliphatic rings. The Bertz CT molecular complexity index is 4200. The van der Waals surface area contributed by atoms with E-state index in [1.165, 1.54) is 71.7 Å². The smallest absolute Gasteiger partial charge is 0.114 e. The Morgan fingerprint density at radius 3 is 1.61 bits per heavy atom. The summed E-state index contributed by atoms with van der Waals surface area (Å²) in [5, 5.41) is 6.00. The zero-order chi connectivity index (χ0) is 45.4. The van der Waals surface area contributed by atoms with E-state index in [0.29, 0.717) is 0 Å². The minimum Gasteiger partial charge on any atom is -0.309 e. The number of aryl methyl sites for hydroxylation is 1. The Kier molecular flexibility index (Phi) is 7.94. The predicted molar refractivity (Wildman–Crippen MR) is 285 cm³/mol. The number of imidazole rings is 1. The third-order valence-corrected chi connectivity index (χ3v) is 15.3. The van der Waals surface area contributed by atoms with Gasteiger partial charge in [0.2, 0.25) is 0 Å². The summed E-state index contributed by atoms with van der Waals surface area (Å²) in [7, 11) is 0. The van der Waals surface area contributed by atoms with Crippen LogP contribution in [0.15, 0.2) is 224 Å². The number of aromatic nitrogens is 4. The van der Waals surface area contributed by atoms with Crippen molar-refractivity contribution in [3.8, 4) is 56.0 Å². The van der Waals surface area contributed by atoms with E-state index >= 15 is 0 Å². The molecule has 0 bridgehead atoms. The van der Waals surface area contributed by atoms with Crippen molar-refractivity contribution in [1.82, 2.24) is 19.1 Å². The second kappa shape index (κ2) is 14.3. The maximum Gasteiger partial charge on any atom is 0.114 e. The van der Waals surface area contributed by atoms with Crippen molar-refractivity contribution in [3.63, 3.8) is 0 Å². The SMILES string of the molecule is CCc1nc2ccccc2n1-c1ccc(-c2cc(-c3nc4ccccc4c4c5c(ccc34)C3(c4ccccc4-c4ccccc43)c3ccccc3-5)cc(-n3c4ccccc4c4ccccc43)c2)cc1. The molecule has 0 fully saturated rings. The van der Waals surface area contributed by atoms with Gasteiger partial charge in [-0.3, -0.25) is 4.57 Å². The van der Waals surface area contributed by atoms with Crippen LogP contribution in [0.3, 0.4) is 0 Å². The summed E-state index contributed by atoms with van der Waals surface area (Å²) in [6, 6.07) is 82.9. The minimum absolute atomic E-state index is 0.450. The summed E-state index contributed by atoms with van der Waals surface area (Å²) in [6.07, 6.45) is 0.837. The second-order valence-corrected chi connectivity index (χ2v) is 18.7. The molecule has 0 N–H and O–H groups in total. The Labute approximate surface area is 399 Å². The van der Waals surface area contributed by atoms with Crippen molar-refractivity contribution in [2.45, 2.75) is 18.8 Å². The van der Waals surface area contributed by atoms with Crippen LogP contribution in [0.2, 0.25) is 0 Å². The summed E-state index contributed by atoms with van der Waals surface area (Å²) >= 11 is 0. The van der Waals surface area contributed by atoms with Gasteiger partial charge < -0.3 is 4.57 Å². The molecule has 0 atom stereocenters. The quantitative estimate of drug-likeness (QED) is 0.162. The van der Waals surface area contributed by atoms with Crippen LogP contribution in [0.5, 0.6) is 0 Å². The van der Waals surface area contributed by atoms with E-state index in [1.54, 1.807) is 0 Å². The van der Waals surface area contributed by atoms with Gasteiger partial charge in [-0.15, -0.1) is 0 Å². The highest BCUT2D eigenvalue weighted by Gasteiger charge is 2.52. The van der Waals surface area contributed by atoms with Crippen LogP contribution in [0, 0.1) is 0 Å². The molecule has 3 aromatic heterocycles. The summed E-state index contributed by atoms with van der Waals surface area (Å²) < 4.78 is 4.74. The fourth-order valence-electron chi connectivity index (χ4n) is 12.5. The van der Waals surface area contributed by atoms with Crippen LogP contribution in [0.4, 0.5) is 0 Å². The molecular weight excluding hydrogens is 837 g/mol. The van der Waals surface area contributed by atoms with E-state index in [0.717, 1.165) is 73.3 Å². The number of rotatable bonds is 5. The molecular formula is C65H42N4. The van der Waals surface area contributed by atoms with Gasteiger partial charge in [0.15, 0.2) is 0 Å². The molecule has 13 aromatic rings. The molecule has 1 spiro atoms. The molecule has 0 unspecified atom stereocenters. The highest BCUT2D eigenvalue weighted by Crippen LogP contribution is 2.64. The van der Waals surface area contributed by atoms with E-state index in [1.807, 2.05) is 0 Å². The topological polar surface area (TPSA) is 35.6 Å². The Hall–Kier alpha value is -8.86. The van der Waals surface area contributed by atoms with E-state index in [-0.39, 0.29) is 0 Å². The predicted octanol–water partition coefficient (Wildman–Crippen LogP) is 16.1. The molecule has 4 heteroatoms. The Morgan fingerprint density at radius 2 is 0.928 bits per heavy atom. The Morgan fingerprint density at radius 1 is 0.377 bits per heavy atom. The molecule has 15 rings (SSSR count). The highest BCUT2D eigenvalue weighted by atomic mass is 15.1. The molecule has 10 aromatic carbocycles. The summed E-state index contributed by atoms with van der Waals surface area (Å²) in [6.45, 7) is 2.18. The molecule has 3 heterocycles. The third-order valence-electron chi connectivity index (χ3n) is 15.3. The van der Waals surface area contributed by atoms with Gasteiger partial charge in [0.1, 0.15) is 5.82 Å². The van der Waals surface area contributed by atoms with Crippen LogP contribution < -0.4 is 0 Å². The maximum absolute atomic E-state index is 5.67. The van der Waals surface area contributed by atoms with Gasteiger partial charge in [0, 0.05) is 50.3 Å².